The van der Waals surface area contributed by atoms with E-state index in [0.29, 0.717) is 6.04 Å². The highest BCUT2D eigenvalue weighted by atomic mass is 16.5. The molecule has 1 fully saturated rings. The molecule has 1 aromatic carbocycles. The molecular formula is C10H13NO2. The van der Waals surface area contributed by atoms with Gasteiger partial charge in [0.1, 0.15) is 11.5 Å². The standard InChI is InChI=1S/C10H13NO2/c1-12-7-3-4-8(9-6-11-9)10(5-7)13-2/h3-5,9,11H,6H2,1-2H3/t9-/m1/s1. The van der Waals surface area contributed by atoms with Crippen molar-refractivity contribution in [2.75, 3.05) is 20.8 Å². The van der Waals surface area contributed by atoms with Crippen LogP contribution in [0.3, 0.4) is 0 Å². The second-order valence-electron chi connectivity index (χ2n) is 3.07. The topological polar surface area (TPSA) is 40.4 Å². The van der Waals surface area contributed by atoms with Crippen molar-refractivity contribution in [3.8, 4) is 11.5 Å². The van der Waals surface area contributed by atoms with Crippen LogP contribution >= 0.6 is 0 Å². The fourth-order valence-corrected chi connectivity index (χ4v) is 1.39. The molecule has 0 radical (unpaired) electrons. The van der Waals surface area contributed by atoms with Crippen LogP contribution in [0, 0.1) is 0 Å². The Hall–Kier alpha value is -1.22. The summed E-state index contributed by atoms with van der Waals surface area (Å²) >= 11 is 0. The molecule has 1 aliphatic heterocycles. The number of rotatable bonds is 3. The van der Waals surface area contributed by atoms with Gasteiger partial charge in [0, 0.05) is 24.2 Å². The molecule has 1 heterocycles. The lowest BCUT2D eigenvalue weighted by Gasteiger charge is -2.08. The number of nitrogens with one attached hydrogen (secondary N) is 1. The van der Waals surface area contributed by atoms with Gasteiger partial charge >= 0.3 is 0 Å². The smallest absolute Gasteiger partial charge is 0.127 e. The first-order chi connectivity index (χ1) is 6.35. The monoisotopic (exact) mass is 179 g/mol. The first kappa shape index (κ1) is 8.38. The van der Waals surface area contributed by atoms with Crippen molar-refractivity contribution in [3.05, 3.63) is 23.8 Å². The quantitative estimate of drug-likeness (QED) is 0.712. The molecule has 1 atom stereocenters. The third-order valence-corrected chi connectivity index (χ3v) is 2.22. The van der Waals surface area contributed by atoms with Crippen molar-refractivity contribution in [1.29, 1.82) is 0 Å². The van der Waals surface area contributed by atoms with E-state index >= 15 is 0 Å². The fraction of sp³-hybridized carbons (Fsp3) is 0.400. The molecule has 0 unspecified atom stereocenters. The molecular weight excluding hydrogens is 166 g/mol. The summed E-state index contributed by atoms with van der Waals surface area (Å²) in [5.74, 6) is 1.73. The molecule has 0 amide bonds. The molecule has 1 aromatic rings. The molecule has 0 bridgehead atoms. The molecule has 0 spiro atoms. The third-order valence-electron chi connectivity index (χ3n) is 2.22. The molecule has 13 heavy (non-hydrogen) atoms. The zero-order valence-electron chi connectivity index (χ0n) is 7.83. The number of ether oxygens (including phenoxy) is 2. The molecule has 1 saturated heterocycles. The van der Waals surface area contributed by atoms with Gasteiger partial charge in [0.25, 0.3) is 0 Å². The highest BCUT2D eigenvalue weighted by molar-refractivity contribution is 5.44. The first-order valence-corrected chi connectivity index (χ1v) is 4.30. The molecule has 0 saturated carbocycles. The summed E-state index contributed by atoms with van der Waals surface area (Å²) in [7, 11) is 3.34. The Bertz CT molecular complexity index is 308. The maximum absolute atomic E-state index is 5.27. The van der Waals surface area contributed by atoms with Gasteiger partial charge < -0.3 is 14.8 Å². The SMILES string of the molecule is COc1ccc([C@H]2CN2)c(OC)c1. The number of hydrogen-bond acceptors (Lipinski definition) is 3. The summed E-state index contributed by atoms with van der Waals surface area (Å²) in [6.07, 6.45) is 0. The number of benzene rings is 1. The van der Waals surface area contributed by atoms with Crippen LogP contribution in [0.4, 0.5) is 0 Å². The van der Waals surface area contributed by atoms with Crippen LogP contribution in [0.25, 0.3) is 0 Å². The second kappa shape index (κ2) is 3.26. The van der Waals surface area contributed by atoms with E-state index < -0.39 is 0 Å². The summed E-state index contributed by atoms with van der Waals surface area (Å²) in [5.41, 5.74) is 1.21. The minimum Gasteiger partial charge on any atom is -0.497 e. The highest BCUT2D eigenvalue weighted by Gasteiger charge is 2.25. The maximum atomic E-state index is 5.27. The maximum Gasteiger partial charge on any atom is 0.127 e. The third kappa shape index (κ3) is 1.60. The van der Waals surface area contributed by atoms with E-state index in [4.69, 9.17) is 9.47 Å². The summed E-state index contributed by atoms with van der Waals surface area (Å²) in [6, 6.07) is 6.39. The predicted molar refractivity (Wildman–Crippen MR) is 50.3 cm³/mol. The van der Waals surface area contributed by atoms with Crippen molar-refractivity contribution in [3.63, 3.8) is 0 Å². The van der Waals surface area contributed by atoms with Crippen molar-refractivity contribution >= 4 is 0 Å². The average Bonchev–Trinajstić information content (AvgIpc) is 3.00. The molecule has 3 heteroatoms. The van der Waals surface area contributed by atoms with Crippen LogP contribution in [-0.2, 0) is 0 Å². The lowest BCUT2D eigenvalue weighted by molar-refractivity contribution is 0.391. The van der Waals surface area contributed by atoms with Gasteiger partial charge in [-0.3, -0.25) is 0 Å². The van der Waals surface area contributed by atoms with E-state index in [9.17, 15) is 0 Å². The highest BCUT2D eigenvalue weighted by Crippen LogP contribution is 2.33. The van der Waals surface area contributed by atoms with E-state index in [1.807, 2.05) is 18.2 Å². The van der Waals surface area contributed by atoms with Crippen LogP contribution in [-0.4, -0.2) is 20.8 Å². The Morgan fingerprint density at radius 1 is 1.31 bits per heavy atom. The minimum atomic E-state index is 0.473. The van der Waals surface area contributed by atoms with Crippen molar-refractivity contribution in [2.24, 2.45) is 0 Å². The van der Waals surface area contributed by atoms with E-state index in [1.54, 1.807) is 14.2 Å². The Kier molecular flexibility index (Phi) is 2.10. The van der Waals surface area contributed by atoms with Crippen molar-refractivity contribution in [2.45, 2.75) is 6.04 Å². The first-order valence-electron chi connectivity index (χ1n) is 4.30. The Balaban J connectivity index is 2.33. The Labute approximate surface area is 77.7 Å². The van der Waals surface area contributed by atoms with Crippen LogP contribution in [0.2, 0.25) is 0 Å². The van der Waals surface area contributed by atoms with Gasteiger partial charge in [-0.15, -0.1) is 0 Å². The summed E-state index contributed by atoms with van der Waals surface area (Å²) in [6.45, 7) is 1.04. The zero-order chi connectivity index (χ0) is 9.26. The van der Waals surface area contributed by atoms with Gasteiger partial charge in [0.05, 0.1) is 14.2 Å². The molecule has 1 aliphatic rings. The summed E-state index contributed by atoms with van der Waals surface area (Å²) in [5, 5.41) is 3.24. The van der Waals surface area contributed by atoms with Crippen LogP contribution in [0.5, 0.6) is 11.5 Å². The lowest BCUT2D eigenvalue weighted by Crippen LogP contribution is -1.93. The van der Waals surface area contributed by atoms with Crippen LogP contribution < -0.4 is 14.8 Å². The largest absolute Gasteiger partial charge is 0.497 e. The van der Waals surface area contributed by atoms with Gasteiger partial charge in [-0.25, -0.2) is 0 Å². The van der Waals surface area contributed by atoms with E-state index in [0.717, 1.165) is 18.0 Å². The molecule has 2 rings (SSSR count). The number of hydrogen-bond donors (Lipinski definition) is 1. The van der Waals surface area contributed by atoms with Crippen LogP contribution in [0.1, 0.15) is 11.6 Å². The van der Waals surface area contributed by atoms with Gasteiger partial charge in [0.2, 0.25) is 0 Å². The lowest BCUT2D eigenvalue weighted by atomic mass is 10.1. The average molecular weight is 179 g/mol. The van der Waals surface area contributed by atoms with E-state index in [-0.39, 0.29) is 0 Å². The minimum absolute atomic E-state index is 0.473. The fourth-order valence-electron chi connectivity index (χ4n) is 1.39. The summed E-state index contributed by atoms with van der Waals surface area (Å²) < 4.78 is 10.4. The Morgan fingerprint density at radius 2 is 2.08 bits per heavy atom. The normalized spacial score (nSPS) is 19.7. The van der Waals surface area contributed by atoms with E-state index in [1.165, 1.54) is 5.56 Å². The molecule has 0 aliphatic carbocycles. The van der Waals surface area contributed by atoms with Gasteiger partial charge in [-0.05, 0) is 6.07 Å². The Morgan fingerprint density at radius 3 is 2.62 bits per heavy atom. The zero-order valence-corrected chi connectivity index (χ0v) is 7.83. The molecule has 70 valence electrons. The molecule has 0 aromatic heterocycles. The summed E-state index contributed by atoms with van der Waals surface area (Å²) in [4.78, 5) is 0. The van der Waals surface area contributed by atoms with Gasteiger partial charge in [-0.2, -0.15) is 0 Å². The van der Waals surface area contributed by atoms with Gasteiger partial charge in [0.15, 0.2) is 0 Å². The van der Waals surface area contributed by atoms with E-state index in [2.05, 4.69) is 5.32 Å². The molecule has 1 N–H and O–H groups in total. The molecule has 3 nitrogen and oxygen atoms in total. The van der Waals surface area contributed by atoms with Gasteiger partial charge in [-0.1, -0.05) is 6.07 Å². The number of methoxy groups -OCH3 is 2. The van der Waals surface area contributed by atoms with Crippen molar-refractivity contribution in [1.82, 2.24) is 5.32 Å². The second-order valence-corrected chi connectivity index (χ2v) is 3.07. The van der Waals surface area contributed by atoms with Crippen LogP contribution in [0.15, 0.2) is 18.2 Å². The predicted octanol–water partition coefficient (Wildman–Crippen LogP) is 1.35. The van der Waals surface area contributed by atoms with Crippen molar-refractivity contribution < 1.29 is 9.47 Å².